The summed E-state index contributed by atoms with van der Waals surface area (Å²) in [5, 5.41) is 3.49. The molecule has 1 aliphatic rings. The van der Waals surface area contributed by atoms with Crippen LogP contribution in [0.25, 0.3) is 0 Å². The number of anilines is 1. The van der Waals surface area contributed by atoms with Crippen molar-refractivity contribution in [2.24, 2.45) is 5.92 Å². The Hall–Kier alpha value is -2.34. The first kappa shape index (κ1) is 21.4. The van der Waals surface area contributed by atoms with Crippen LogP contribution in [0.15, 0.2) is 18.2 Å². The molecule has 0 fully saturated rings. The van der Waals surface area contributed by atoms with Gasteiger partial charge in [0.05, 0.1) is 12.7 Å². The topological polar surface area (TPSA) is 64.6 Å². The van der Waals surface area contributed by atoms with E-state index in [0.717, 1.165) is 42.4 Å². The van der Waals surface area contributed by atoms with E-state index >= 15 is 0 Å². The largest absolute Gasteiger partial charge is 0.481 e. The van der Waals surface area contributed by atoms with Crippen LogP contribution in [0.1, 0.15) is 58.6 Å². The van der Waals surface area contributed by atoms with Crippen molar-refractivity contribution in [2.45, 2.75) is 59.5 Å². The van der Waals surface area contributed by atoms with Gasteiger partial charge in [0, 0.05) is 4.88 Å². The van der Waals surface area contributed by atoms with E-state index in [1.807, 2.05) is 32.0 Å². The highest BCUT2D eigenvalue weighted by atomic mass is 32.1. The van der Waals surface area contributed by atoms with E-state index in [4.69, 9.17) is 9.47 Å². The predicted molar refractivity (Wildman–Crippen MR) is 116 cm³/mol. The summed E-state index contributed by atoms with van der Waals surface area (Å²) >= 11 is 1.49. The maximum Gasteiger partial charge on any atom is 0.341 e. The number of hydrogen-bond acceptors (Lipinski definition) is 5. The average molecular weight is 416 g/mol. The van der Waals surface area contributed by atoms with Gasteiger partial charge >= 0.3 is 5.97 Å². The molecule has 0 spiro atoms. The Morgan fingerprint density at radius 1 is 1.31 bits per heavy atom. The Bertz CT molecular complexity index is 918. The molecule has 0 bridgehead atoms. The monoisotopic (exact) mass is 415 g/mol. The molecule has 1 amide bonds. The number of nitrogens with one attached hydrogen (secondary N) is 1. The quantitative estimate of drug-likeness (QED) is 0.669. The Morgan fingerprint density at radius 3 is 2.72 bits per heavy atom. The summed E-state index contributed by atoms with van der Waals surface area (Å²) in [7, 11) is 1.38. The molecular weight excluding hydrogens is 386 g/mol. The zero-order valence-electron chi connectivity index (χ0n) is 17.8. The molecule has 2 aromatic rings. The molecule has 1 aromatic carbocycles. The summed E-state index contributed by atoms with van der Waals surface area (Å²) < 4.78 is 10.9. The molecule has 0 aliphatic heterocycles. The fourth-order valence-electron chi connectivity index (χ4n) is 3.80. The number of benzene rings is 1. The lowest BCUT2D eigenvalue weighted by molar-refractivity contribution is -0.122. The molecule has 0 saturated carbocycles. The Balaban J connectivity index is 1.80. The van der Waals surface area contributed by atoms with E-state index in [9.17, 15) is 9.59 Å². The third-order valence-corrected chi connectivity index (χ3v) is 6.74. The highest BCUT2D eigenvalue weighted by Crippen LogP contribution is 2.40. The zero-order valence-corrected chi connectivity index (χ0v) is 18.6. The molecule has 6 heteroatoms. The first-order valence-corrected chi connectivity index (χ1v) is 10.9. The number of ether oxygens (including phenoxy) is 2. The normalized spacial score (nSPS) is 16.7. The Morgan fingerprint density at radius 2 is 2.07 bits per heavy atom. The molecule has 1 aromatic heterocycles. The predicted octanol–water partition coefficient (Wildman–Crippen LogP) is 5.07. The summed E-state index contributed by atoms with van der Waals surface area (Å²) in [5.74, 6) is 0.640. The minimum absolute atomic E-state index is 0.277. The lowest BCUT2D eigenvalue weighted by Gasteiger charge is -2.20. The summed E-state index contributed by atoms with van der Waals surface area (Å²) in [6, 6.07) is 5.86. The van der Waals surface area contributed by atoms with E-state index in [1.54, 1.807) is 6.92 Å². The molecule has 29 heavy (non-hydrogen) atoms. The Labute approximate surface area is 176 Å². The lowest BCUT2D eigenvalue weighted by atomic mass is 9.85. The van der Waals surface area contributed by atoms with Crippen LogP contribution in [0.2, 0.25) is 0 Å². The van der Waals surface area contributed by atoms with Crippen molar-refractivity contribution in [1.29, 1.82) is 0 Å². The molecule has 1 aliphatic carbocycles. The van der Waals surface area contributed by atoms with Gasteiger partial charge in [-0.15, -0.1) is 11.3 Å². The Kier molecular flexibility index (Phi) is 6.63. The van der Waals surface area contributed by atoms with Gasteiger partial charge in [-0.2, -0.15) is 0 Å². The van der Waals surface area contributed by atoms with Crippen LogP contribution in [0.3, 0.4) is 0 Å². The van der Waals surface area contributed by atoms with Crippen LogP contribution in [-0.2, 0) is 22.4 Å². The van der Waals surface area contributed by atoms with Crippen molar-refractivity contribution in [3.8, 4) is 5.75 Å². The zero-order chi connectivity index (χ0) is 21.1. The third kappa shape index (κ3) is 4.64. The highest BCUT2D eigenvalue weighted by Gasteiger charge is 2.30. The van der Waals surface area contributed by atoms with Crippen molar-refractivity contribution in [3.05, 3.63) is 45.3 Å². The van der Waals surface area contributed by atoms with Crippen LogP contribution < -0.4 is 10.1 Å². The SMILES string of the molecule is CC[C@@H]1CCc2c(sc(NC(=O)[C@@H](C)Oc3ccc(C)cc3C)c2C(=O)OC)C1. The van der Waals surface area contributed by atoms with E-state index in [-0.39, 0.29) is 5.91 Å². The summed E-state index contributed by atoms with van der Waals surface area (Å²) in [5.41, 5.74) is 3.67. The molecule has 1 N–H and O–H groups in total. The van der Waals surface area contributed by atoms with E-state index in [0.29, 0.717) is 22.2 Å². The molecule has 0 saturated heterocycles. The number of thiophene rings is 1. The van der Waals surface area contributed by atoms with Gasteiger partial charge < -0.3 is 14.8 Å². The number of amides is 1. The fourth-order valence-corrected chi connectivity index (χ4v) is 5.15. The highest BCUT2D eigenvalue weighted by molar-refractivity contribution is 7.17. The molecule has 0 unspecified atom stereocenters. The minimum atomic E-state index is -0.690. The average Bonchev–Trinajstić information content (AvgIpc) is 3.06. The number of carbonyl (C=O) groups is 2. The number of fused-ring (bicyclic) bond motifs is 1. The molecule has 1 heterocycles. The first-order valence-electron chi connectivity index (χ1n) is 10.1. The van der Waals surface area contributed by atoms with E-state index in [2.05, 4.69) is 12.2 Å². The molecule has 156 valence electrons. The molecular formula is C23H29NO4S. The molecule has 2 atom stereocenters. The molecule has 0 radical (unpaired) electrons. The number of carbonyl (C=O) groups excluding carboxylic acids is 2. The maximum absolute atomic E-state index is 12.8. The van der Waals surface area contributed by atoms with Crippen molar-refractivity contribution in [2.75, 3.05) is 12.4 Å². The van der Waals surface area contributed by atoms with Gasteiger partial charge in [-0.1, -0.05) is 31.0 Å². The standard InChI is InChI=1S/C23H29NO4S/c1-6-16-8-9-17-19(12-16)29-22(20(17)23(26)27-5)24-21(25)15(4)28-18-10-7-13(2)11-14(18)3/h7,10-11,15-16H,6,8-9,12H2,1-5H3,(H,24,25)/t15-,16-/m1/s1. The number of aryl methyl sites for hydroxylation is 2. The van der Waals surface area contributed by atoms with Gasteiger partial charge in [-0.05, 0) is 63.1 Å². The van der Waals surface area contributed by atoms with Crippen molar-refractivity contribution < 1.29 is 19.1 Å². The molecule has 3 rings (SSSR count). The number of hydrogen-bond donors (Lipinski definition) is 1. The van der Waals surface area contributed by atoms with Crippen molar-refractivity contribution in [1.82, 2.24) is 0 Å². The number of rotatable bonds is 6. The maximum atomic E-state index is 12.8. The second kappa shape index (κ2) is 8.99. The van der Waals surface area contributed by atoms with E-state index < -0.39 is 12.1 Å². The van der Waals surface area contributed by atoms with Gasteiger partial charge in [0.1, 0.15) is 10.8 Å². The van der Waals surface area contributed by atoms with Crippen LogP contribution in [0, 0.1) is 19.8 Å². The number of esters is 1. The van der Waals surface area contributed by atoms with Gasteiger partial charge in [-0.3, -0.25) is 4.79 Å². The lowest BCUT2D eigenvalue weighted by Crippen LogP contribution is -2.30. The van der Waals surface area contributed by atoms with Crippen LogP contribution in [-0.4, -0.2) is 25.1 Å². The van der Waals surface area contributed by atoms with E-state index in [1.165, 1.54) is 23.3 Å². The summed E-state index contributed by atoms with van der Waals surface area (Å²) in [6.07, 6.45) is 3.28. The third-order valence-electron chi connectivity index (χ3n) is 5.57. The first-order chi connectivity index (χ1) is 13.8. The number of methoxy groups -OCH3 is 1. The molecule has 5 nitrogen and oxygen atoms in total. The van der Waals surface area contributed by atoms with Crippen molar-refractivity contribution in [3.63, 3.8) is 0 Å². The second-order valence-electron chi connectivity index (χ2n) is 7.73. The minimum Gasteiger partial charge on any atom is -0.481 e. The van der Waals surface area contributed by atoms with Gasteiger partial charge in [-0.25, -0.2) is 4.79 Å². The van der Waals surface area contributed by atoms with Gasteiger partial charge in [0.15, 0.2) is 6.10 Å². The van der Waals surface area contributed by atoms with Crippen LogP contribution >= 0.6 is 11.3 Å². The van der Waals surface area contributed by atoms with Crippen LogP contribution in [0.4, 0.5) is 5.00 Å². The van der Waals surface area contributed by atoms with Crippen LogP contribution in [0.5, 0.6) is 5.75 Å². The van der Waals surface area contributed by atoms with Gasteiger partial charge in [0.2, 0.25) is 0 Å². The smallest absolute Gasteiger partial charge is 0.341 e. The summed E-state index contributed by atoms with van der Waals surface area (Å²) in [6.45, 7) is 7.88. The van der Waals surface area contributed by atoms with Gasteiger partial charge in [0.25, 0.3) is 5.91 Å². The fraction of sp³-hybridized carbons (Fsp3) is 0.478. The second-order valence-corrected chi connectivity index (χ2v) is 8.84. The van der Waals surface area contributed by atoms with Crippen molar-refractivity contribution >= 4 is 28.2 Å². The summed E-state index contributed by atoms with van der Waals surface area (Å²) in [4.78, 5) is 26.4.